The van der Waals surface area contributed by atoms with Crippen molar-refractivity contribution in [3.8, 4) is 61.7 Å². The normalized spacial score (nSPS) is 14.7. The van der Waals surface area contributed by atoms with E-state index in [1.807, 2.05) is 18.2 Å². The zero-order valence-corrected chi connectivity index (χ0v) is 55.3. The Morgan fingerprint density at radius 2 is 0.871 bits per heavy atom. The summed E-state index contributed by atoms with van der Waals surface area (Å²) in [7, 11) is 0. The van der Waals surface area contributed by atoms with Gasteiger partial charge in [-0.05, 0) is 154 Å². The molecule has 0 unspecified atom stereocenters. The smallest absolute Gasteiger partial charge is 0.247 e. The van der Waals surface area contributed by atoms with E-state index in [1.165, 1.54) is 33.0 Å². The molecule has 0 bridgehead atoms. The van der Waals surface area contributed by atoms with Crippen LogP contribution in [0.3, 0.4) is 0 Å². The van der Waals surface area contributed by atoms with Gasteiger partial charge in [0.15, 0.2) is 0 Å². The Hall–Kier alpha value is -9.90. The quantitative estimate of drug-likeness (QED) is 0.154. The first-order chi connectivity index (χ1) is 46.7. The van der Waals surface area contributed by atoms with Crippen molar-refractivity contribution in [2.24, 2.45) is 0 Å². The molecule has 93 heavy (non-hydrogen) atoms. The van der Waals surface area contributed by atoms with E-state index in [2.05, 4.69) is 305 Å². The van der Waals surface area contributed by atoms with E-state index in [-0.39, 0.29) is 51.4 Å². The van der Waals surface area contributed by atoms with Gasteiger partial charge in [0.2, 0.25) is 6.71 Å². The zero-order chi connectivity index (χ0) is 68.4. The van der Waals surface area contributed by atoms with E-state index < -0.39 is 18.2 Å². The summed E-state index contributed by atoms with van der Waals surface area (Å²) < 4.78 is 55.8. The van der Waals surface area contributed by atoms with Crippen LogP contribution in [0.1, 0.15) is 134 Å². The van der Waals surface area contributed by atoms with Gasteiger partial charge in [0, 0.05) is 50.1 Å². The van der Waals surface area contributed by atoms with Crippen molar-refractivity contribution in [3.05, 3.63) is 305 Å². The second kappa shape index (κ2) is 21.1. The Kier molecular flexibility index (Phi) is 11.9. The Bertz CT molecular complexity index is 5250. The molecule has 0 atom stereocenters. The Morgan fingerprint density at radius 1 is 0.366 bits per heavy atom. The molecule has 3 aliphatic heterocycles. The third-order valence-corrected chi connectivity index (χ3v) is 20.2. The minimum Gasteiger partial charge on any atom is -0.457 e. The van der Waals surface area contributed by atoms with Gasteiger partial charge in [0.05, 0.1) is 29.0 Å². The van der Waals surface area contributed by atoms with Gasteiger partial charge in [-0.15, -0.1) is 0 Å². The highest BCUT2D eigenvalue weighted by molar-refractivity contribution is 6.99. The number of anilines is 3. The van der Waals surface area contributed by atoms with Crippen LogP contribution in [-0.2, 0) is 27.1 Å². The maximum atomic E-state index is 9.59. The molecular formula is C89H79BN2O. The lowest BCUT2D eigenvalue weighted by molar-refractivity contribution is 0.435. The summed E-state index contributed by atoms with van der Waals surface area (Å²) in [5, 5.41) is 2.35. The molecule has 4 heteroatoms. The number of ether oxygens (including phenoxy) is 1. The minimum atomic E-state index is -1.17. The highest BCUT2D eigenvalue weighted by atomic mass is 16.5. The molecule has 3 nitrogen and oxygen atoms in total. The van der Waals surface area contributed by atoms with Gasteiger partial charge in [-0.1, -0.05) is 295 Å². The maximum absolute atomic E-state index is 9.59. The van der Waals surface area contributed by atoms with Gasteiger partial charge >= 0.3 is 0 Å². The summed E-state index contributed by atoms with van der Waals surface area (Å²) >= 11 is 0. The maximum Gasteiger partial charge on any atom is 0.247 e. The first-order valence-electron chi connectivity index (χ1n) is 35.4. The molecule has 0 aliphatic carbocycles. The fourth-order valence-electron chi connectivity index (χ4n) is 15.3. The van der Waals surface area contributed by atoms with E-state index >= 15 is 0 Å². The first kappa shape index (κ1) is 52.7. The van der Waals surface area contributed by atoms with Gasteiger partial charge in [-0.2, -0.15) is 0 Å². The Balaban J connectivity index is 1.14. The number of aromatic nitrogens is 1. The van der Waals surface area contributed by atoms with Crippen LogP contribution in [-0.4, -0.2) is 11.3 Å². The first-order valence-corrected chi connectivity index (χ1v) is 32.9. The van der Waals surface area contributed by atoms with Crippen molar-refractivity contribution in [1.82, 2.24) is 4.57 Å². The van der Waals surface area contributed by atoms with Crippen molar-refractivity contribution < 1.29 is 11.6 Å². The summed E-state index contributed by atoms with van der Waals surface area (Å²) in [6, 6.07) is 83.6. The summed E-state index contributed by atoms with van der Waals surface area (Å²) in [6.45, 7) is 27.2. The van der Waals surface area contributed by atoms with Crippen LogP contribution in [0, 0.1) is 0 Å². The average molecular weight is 1210 g/mol. The standard InChI is InChI=1S/C89H79BN2O/c1-85(2,3)62-41-45-77-69(52-62)70-53-63(86(4,5)6)42-46-78(70)91(77)66-54-74-83-80(55-66)92(84-67(57-29-18-14-19-30-57)33-26-34-68(84)58-31-20-15-21-32-58)79-50-60(61-47-64(87(7,8)9)51-65(48-61)88(10,11)12)40-44-76(79)90(83)75-43-39-59(56-27-16-13-17-28-56)49-73(75)89(74)71-35-22-24-37-81(71)93-82-38-25-23-36-72(82)89/h13-55H,1-12H3/i13D,16D,17D,27D,28D. The van der Waals surface area contributed by atoms with E-state index in [4.69, 9.17) is 8.85 Å². The van der Waals surface area contributed by atoms with E-state index in [1.54, 1.807) is 0 Å². The molecule has 0 amide bonds. The molecule has 16 rings (SSSR count). The SMILES string of the molecule is [2H]c1c([2H])c([2H])c(-c2ccc3c(c2)C2(c4ccccc4Oc4ccccc42)c2cc(-n4c5ccc(C(C)(C)C)cc5c5cc(C(C)(C)C)ccc54)cc4c2B3c2ccc(-c3cc(C(C)(C)C)cc(C(C)(C)C)c3)cc2N4c2c(-c3ccccc3)cccc2-c2ccccc2)c([2H])c1[2H]. The second-order valence-electron chi connectivity index (χ2n) is 30.1. The average Bonchev–Trinajstić information content (AvgIpc) is 0.680. The van der Waals surface area contributed by atoms with Crippen molar-refractivity contribution in [3.63, 3.8) is 0 Å². The van der Waals surface area contributed by atoms with Gasteiger partial charge in [0.1, 0.15) is 11.5 Å². The zero-order valence-electron chi connectivity index (χ0n) is 60.3. The largest absolute Gasteiger partial charge is 0.457 e. The summed E-state index contributed by atoms with van der Waals surface area (Å²) in [6.07, 6.45) is 0. The number of rotatable bonds is 6. The molecule has 3 aliphatic rings. The van der Waals surface area contributed by atoms with Crippen LogP contribution < -0.4 is 26.0 Å². The lowest BCUT2D eigenvalue weighted by Crippen LogP contribution is -2.65. The molecule has 13 aromatic rings. The van der Waals surface area contributed by atoms with Crippen LogP contribution in [0.25, 0.3) is 72.0 Å². The lowest BCUT2D eigenvalue weighted by atomic mass is 9.29. The number of hydrogen-bond acceptors (Lipinski definition) is 2. The van der Waals surface area contributed by atoms with E-state index in [0.29, 0.717) is 17.1 Å². The fraction of sp³-hybridized carbons (Fsp3) is 0.191. The molecule has 12 aromatic carbocycles. The van der Waals surface area contributed by atoms with Gasteiger partial charge in [0.25, 0.3) is 0 Å². The molecule has 454 valence electrons. The van der Waals surface area contributed by atoms with E-state index in [0.717, 1.165) is 106 Å². The van der Waals surface area contributed by atoms with Gasteiger partial charge in [-0.3, -0.25) is 0 Å². The third kappa shape index (κ3) is 9.29. The van der Waals surface area contributed by atoms with Crippen LogP contribution in [0.2, 0.25) is 0 Å². The Morgan fingerprint density at radius 3 is 1.41 bits per heavy atom. The van der Waals surface area contributed by atoms with Gasteiger partial charge < -0.3 is 14.2 Å². The predicted octanol–water partition coefficient (Wildman–Crippen LogP) is 21.7. The van der Waals surface area contributed by atoms with Crippen molar-refractivity contribution in [1.29, 1.82) is 0 Å². The number of benzene rings is 12. The number of hydrogen-bond donors (Lipinski definition) is 0. The summed E-state index contributed by atoms with van der Waals surface area (Å²) in [5.41, 5.74) is 23.8. The number of nitrogens with zero attached hydrogens (tertiary/aromatic N) is 2. The molecule has 1 spiro atoms. The fourth-order valence-corrected chi connectivity index (χ4v) is 15.3. The van der Waals surface area contributed by atoms with Crippen molar-refractivity contribution >= 4 is 62.0 Å². The molecule has 0 saturated heterocycles. The van der Waals surface area contributed by atoms with E-state index in [9.17, 15) is 2.74 Å². The predicted molar refractivity (Wildman–Crippen MR) is 395 cm³/mol. The molecule has 0 fully saturated rings. The van der Waals surface area contributed by atoms with Crippen molar-refractivity contribution in [2.75, 3.05) is 4.90 Å². The van der Waals surface area contributed by atoms with Crippen LogP contribution >= 0.6 is 0 Å². The number of para-hydroxylation sites is 3. The molecule has 0 saturated carbocycles. The monoisotopic (exact) mass is 1210 g/mol. The second-order valence-corrected chi connectivity index (χ2v) is 30.1. The molecule has 0 radical (unpaired) electrons. The Labute approximate surface area is 557 Å². The van der Waals surface area contributed by atoms with Gasteiger partial charge in [-0.25, -0.2) is 0 Å². The molecular weight excluding hydrogens is 1120 g/mol. The van der Waals surface area contributed by atoms with Crippen LogP contribution in [0.4, 0.5) is 17.1 Å². The molecule has 4 heterocycles. The van der Waals surface area contributed by atoms with Crippen LogP contribution in [0.15, 0.2) is 261 Å². The third-order valence-electron chi connectivity index (χ3n) is 20.2. The van der Waals surface area contributed by atoms with Crippen LogP contribution in [0.5, 0.6) is 11.5 Å². The summed E-state index contributed by atoms with van der Waals surface area (Å²) in [5.74, 6) is 1.41. The lowest BCUT2D eigenvalue weighted by Gasteiger charge is -2.50. The topological polar surface area (TPSA) is 17.4 Å². The minimum absolute atomic E-state index is 0.134. The molecule has 0 N–H and O–H groups in total. The summed E-state index contributed by atoms with van der Waals surface area (Å²) in [4.78, 5) is 2.63. The highest BCUT2D eigenvalue weighted by Gasteiger charge is 2.55. The van der Waals surface area contributed by atoms with Crippen molar-refractivity contribution in [2.45, 2.75) is 110 Å². The highest BCUT2D eigenvalue weighted by Crippen LogP contribution is 2.59. The number of fused-ring (bicyclic) bond motifs is 13. The molecule has 1 aromatic heterocycles.